The molecule has 5 N–H and O–H groups in total. The van der Waals surface area contributed by atoms with Gasteiger partial charge in [0.05, 0.1) is 12.1 Å². The predicted octanol–water partition coefficient (Wildman–Crippen LogP) is 4.69. The Kier molecular flexibility index (Phi) is 11.6. The number of nitrogens with zero attached hydrogens (tertiary/aromatic N) is 1. The molecule has 0 heterocycles. The molecule has 3 amide bonds. The van der Waals surface area contributed by atoms with Gasteiger partial charge >= 0.3 is 0 Å². The smallest absolute Gasteiger partial charge is 0.253 e. The number of rotatable bonds is 15. The normalized spacial score (nSPS) is 12.4. The summed E-state index contributed by atoms with van der Waals surface area (Å²) in [5, 5.41) is 19.8. The minimum absolute atomic E-state index is 0.0737. The molecule has 0 aliphatic carbocycles. The number of nitrogens with one attached hydrogen (secondary N) is 2. The van der Waals surface area contributed by atoms with Gasteiger partial charge in [0.1, 0.15) is 0 Å². The van der Waals surface area contributed by atoms with Crippen molar-refractivity contribution in [2.24, 2.45) is 5.73 Å². The lowest BCUT2D eigenvalue weighted by atomic mass is 9.95. The Labute approximate surface area is 259 Å². The Morgan fingerprint density at radius 3 is 2.16 bits per heavy atom. The van der Waals surface area contributed by atoms with Crippen LogP contribution in [0.25, 0.3) is 10.8 Å². The van der Waals surface area contributed by atoms with E-state index in [0.717, 1.165) is 34.7 Å². The van der Waals surface area contributed by atoms with Crippen molar-refractivity contribution in [3.05, 3.63) is 119 Å². The minimum atomic E-state index is -0.938. The monoisotopic (exact) mass is 594 g/mol. The first kappa shape index (κ1) is 32.4. The first-order valence-electron chi connectivity index (χ1n) is 15.2. The van der Waals surface area contributed by atoms with E-state index in [1.54, 1.807) is 4.90 Å². The maximum atomic E-state index is 13.8. The molecule has 4 aromatic carbocycles. The van der Waals surface area contributed by atoms with Gasteiger partial charge in [-0.15, -0.1) is 0 Å². The molecular formula is C36H42N4O4. The van der Waals surface area contributed by atoms with Gasteiger partial charge in [-0.2, -0.15) is 0 Å². The molecule has 4 aromatic rings. The Bertz CT molecular complexity index is 1560. The van der Waals surface area contributed by atoms with E-state index in [9.17, 15) is 19.5 Å². The van der Waals surface area contributed by atoms with E-state index >= 15 is 0 Å². The van der Waals surface area contributed by atoms with Gasteiger partial charge in [-0.3, -0.25) is 14.4 Å². The molecule has 0 unspecified atom stereocenters. The second kappa shape index (κ2) is 15.8. The number of hydrogen-bond donors (Lipinski definition) is 4. The fourth-order valence-corrected chi connectivity index (χ4v) is 5.41. The summed E-state index contributed by atoms with van der Waals surface area (Å²) in [5.74, 6) is -1.50. The van der Waals surface area contributed by atoms with Gasteiger partial charge in [0, 0.05) is 42.9 Å². The highest BCUT2D eigenvalue weighted by Gasteiger charge is 2.25. The first-order valence-corrected chi connectivity index (χ1v) is 15.2. The van der Waals surface area contributed by atoms with E-state index in [0.29, 0.717) is 26.1 Å². The zero-order chi connectivity index (χ0) is 31.5. The third kappa shape index (κ3) is 8.52. The highest BCUT2D eigenvalue weighted by atomic mass is 16.3. The van der Waals surface area contributed by atoms with Gasteiger partial charge in [-0.05, 0) is 59.4 Å². The third-order valence-corrected chi connectivity index (χ3v) is 7.63. The number of aliphatic hydroxyl groups is 1. The zero-order valence-corrected chi connectivity index (χ0v) is 25.5. The predicted molar refractivity (Wildman–Crippen MR) is 175 cm³/mol. The second-order valence-electron chi connectivity index (χ2n) is 11.1. The SMILES string of the molecule is CCCN(CCC)C(=O)c1cc(C(N)=O)cc(C(=O)N[C@@H](Cc2cccc3ccccc23)[C@H](O)CNCc2ccccc2)c1. The van der Waals surface area contributed by atoms with Crippen LogP contribution in [0.4, 0.5) is 0 Å². The molecule has 230 valence electrons. The molecule has 0 saturated heterocycles. The van der Waals surface area contributed by atoms with E-state index < -0.39 is 24.0 Å². The quantitative estimate of drug-likeness (QED) is 0.159. The molecule has 0 aliphatic heterocycles. The van der Waals surface area contributed by atoms with E-state index in [1.807, 2.05) is 86.6 Å². The van der Waals surface area contributed by atoms with Crippen LogP contribution in [0.2, 0.25) is 0 Å². The number of carbonyl (C=O) groups is 3. The van der Waals surface area contributed by atoms with Gasteiger partial charge in [0.15, 0.2) is 0 Å². The largest absolute Gasteiger partial charge is 0.390 e. The van der Waals surface area contributed by atoms with Crippen LogP contribution >= 0.6 is 0 Å². The number of carbonyl (C=O) groups excluding carboxylic acids is 3. The molecule has 8 nitrogen and oxygen atoms in total. The van der Waals surface area contributed by atoms with Crippen molar-refractivity contribution >= 4 is 28.5 Å². The van der Waals surface area contributed by atoms with E-state index in [-0.39, 0.29) is 29.1 Å². The van der Waals surface area contributed by atoms with Crippen molar-refractivity contribution in [3.63, 3.8) is 0 Å². The lowest BCUT2D eigenvalue weighted by Gasteiger charge is -2.26. The van der Waals surface area contributed by atoms with Crippen LogP contribution in [0, 0.1) is 0 Å². The zero-order valence-electron chi connectivity index (χ0n) is 25.5. The second-order valence-corrected chi connectivity index (χ2v) is 11.1. The van der Waals surface area contributed by atoms with Crippen LogP contribution in [-0.2, 0) is 13.0 Å². The van der Waals surface area contributed by atoms with Crippen molar-refractivity contribution < 1.29 is 19.5 Å². The highest BCUT2D eigenvalue weighted by Crippen LogP contribution is 2.21. The molecule has 0 aromatic heterocycles. The summed E-state index contributed by atoms with van der Waals surface area (Å²) in [4.78, 5) is 41.1. The summed E-state index contributed by atoms with van der Waals surface area (Å²) in [6.45, 7) is 5.90. The molecule has 0 spiro atoms. The van der Waals surface area contributed by atoms with Gasteiger partial charge in [0.25, 0.3) is 11.8 Å². The van der Waals surface area contributed by atoms with Gasteiger partial charge < -0.3 is 26.4 Å². The summed E-state index contributed by atoms with van der Waals surface area (Å²) >= 11 is 0. The molecule has 2 atom stereocenters. The average Bonchev–Trinajstić information content (AvgIpc) is 3.04. The first-order chi connectivity index (χ1) is 21.3. The molecule has 8 heteroatoms. The number of hydrogen-bond acceptors (Lipinski definition) is 5. The van der Waals surface area contributed by atoms with Gasteiger partial charge in [-0.1, -0.05) is 86.6 Å². The topological polar surface area (TPSA) is 125 Å². The molecule has 0 bridgehead atoms. The van der Waals surface area contributed by atoms with Crippen molar-refractivity contribution in [1.29, 1.82) is 0 Å². The number of benzene rings is 4. The average molecular weight is 595 g/mol. The van der Waals surface area contributed by atoms with Crippen LogP contribution in [0.5, 0.6) is 0 Å². The van der Waals surface area contributed by atoms with Crippen LogP contribution in [0.15, 0.2) is 91.0 Å². The van der Waals surface area contributed by atoms with Crippen LogP contribution in [0.3, 0.4) is 0 Å². The Balaban J connectivity index is 1.62. The summed E-state index contributed by atoms with van der Waals surface area (Å²) in [7, 11) is 0. The van der Waals surface area contributed by atoms with Gasteiger partial charge in [0.2, 0.25) is 5.91 Å². The van der Waals surface area contributed by atoms with Crippen molar-refractivity contribution in [1.82, 2.24) is 15.5 Å². The van der Waals surface area contributed by atoms with Crippen molar-refractivity contribution in [2.45, 2.75) is 51.8 Å². The highest BCUT2D eigenvalue weighted by molar-refractivity contribution is 6.04. The van der Waals surface area contributed by atoms with E-state index in [4.69, 9.17) is 5.73 Å². The maximum Gasteiger partial charge on any atom is 0.253 e. The summed E-state index contributed by atoms with van der Waals surface area (Å²) in [5.41, 5.74) is 8.10. The summed E-state index contributed by atoms with van der Waals surface area (Å²) in [6.07, 6.45) is 0.983. The number of primary amides is 1. The molecule has 0 radical (unpaired) electrons. The maximum absolute atomic E-state index is 13.8. The van der Waals surface area contributed by atoms with Crippen LogP contribution < -0.4 is 16.4 Å². The molecule has 0 saturated carbocycles. The number of fused-ring (bicyclic) bond motifs is 1. The Morgan fingerprint density at radius 2 is 1.45 bits per heavy atom. The molecular weight excluding hydrogens is 552 g/mol. The van der Waals surface area contributed by atoms with Gasteiger partial charge in [-0.25, -0.2) is 0 Å². The van der Waals surface area contributed by atoms with Crippen molar-refractivity contribution in [3.8, 4) is 0 Å². The fourth-order valence-electron chi connectivity index (χ4n) is 5.41. The third-order valence-electron chi connectivity index (χ3n) is 7.63. The van der Waals surface area contributed by atoms with E-state index in [1.165, 1.54) is 18.2 Å². The summed E-state index contributed by atoms with van der Waals surface area (Å²) < 4.78 is 0. The fraction of sp³-hybridized carbons (Fsp3) is 0.306. The van der Waals surface area contributed by atoms with E-state index in [2.05, 4.69) is 10.6 Å². The minimum Gasteiger partial charge on any atom is -0.390 e. The summed E-state index contributed by atoms with van der Waals surface area (Å²) in [6, 6.07) is 27.5. The molecule has 0 fully saturated rings. The van der Waals surface area contributed by atoms with Crippen LogP contribution in [0.1, 0.15) is 68.9 Å². The number of nitrogens with two attached hydrogens (primary N) is 1. The molecule has 44 heavy (non-hydrogen) atoms. The Hall–Kier alpha value is -4.53. The lowest BCUT2D eigenvalue weighted by Crippen LogP contribution is -2.48. The standard InChI is InChI=1S/C36H42N4O4/c1-3-17-40(18-4-2)36(44)30-20-28(34(37)42)19-29(21-30)35(43)39-32(33(41)24-38-23-25-11-6-5-7-12-25)22-27-15-10-14-26-13-8-9-16-31(26)27/h5-16,19-21,32-33,38,41H,3-4,17-18,22-24H2,1-2H3,(H2,37,42)(H,39,43)/t32-,33+/m0/s1. The number of aliphatic hydroxyl groups excluding tert-OH is 1. The Morgan fingerprint density at radius 1 is 0.818 bits per heavy atom. The van der Waals surface area contributed by atoms with Crippen LogP contribution in [-0.4, -0.2) is 59.5 Å². The molecule has 0 aliphatic rings. The lowest BCUT2D eigenvalue weighted by molar-refractivity contribution is 0.0755. The van der Waals surface area contributed by atoms with Crippen molar-refractivity contribution in [2.75, 3.05) is 19.6 Å². The number of amides is 3. The molecule has 4 rings (SSSR count).